The lowest BCUT2D eigenvalue weighted by Crippen LogP contribution is -2.34. The first-order valence-corrected chi connectivity index (χ1v) is 12.8. The summed E-state index contributed by atoms with van der Waals surface area (Å²) in [6.07, 6.45) is 7.01. The molecule has 0 aliphatic heterocycles. The Hall–Kier alpha value is -2.32. The Bertz CT molecular complexity index is 1160. The molecule has 0 spiro atoms. The Balaban J connectivity index is 1.43. The summed E-state index contributed by atoms with van der Waals surface area (Å²) >= 11 is 0. The van der Waals surface area contributed by atoms with Gasteiger partial charge in [-0.2, -0.15) is 8.42 Å². The number of carbonyl (C=O) groups is 1. The van der Waals surface area contributed by atoms with Gasteiger partial charge in [-0.1, -0.05) is 19.9 Å². The highest BCUT2D eigenvalue weighted by molar-refractivity contribution is 7.89. The van der Waals surface area contributed by atoms with Gasteiger partial charge in [-0.15, -0.1) is 0 Å². The topological polar surface area (TPSA) is 109 Å². The molecule has 0 saturated carbocycles. The molecule has 0 fully saturated rings. The van der Waals surface area contributed by atoms with E-state index in [2.05, 4.69) is 16.1 Å². The lowest BCUT2D eigenvalue weighted by Gasteiger charge is -2.36. The molecule has 0 bridgehead atoms. The number of anilines is 1. The van der Waals surface area contributed by atoms with Crippen molar-refractivity contribution in [1.29, 1.82) is 0 Å². The molecule has 5 rings (SSSR count). The fourth-order valence-electron chi connectivity index (χ4n) is 5.49. The van der Waals surface area contributed by atoms with Crippen molar-refractivity contribution in [3.63, 3.8) is 0 Å². The fourth-order valence-corrected chi connectivity index (χ4v) is 6.35. The summed E-state index contributed by atoms with van der Waals surface area (Å²) in [7, 11) is -4.24. The molecule has 3 N–H and O–H groups in total. The van der Waals surface area contributed by atoms with Crippen LogP contribution in [0.5, 0.6) is 0 Å². The van der Waals surface area contributed by atoms with E-state index in [1.54, 1.807) is 6.92 Å². The van der Waals surface area contributed by atoms with Crippen LogP contribution in [0, 0.1) is 0 Å². The molecule has 1 aromatic heterocycles. The van der Waals surface area contributed by atoms with Crippen LogP contribution in [0.2, 0.25) is 0 Å². The third-order valence-electron chi connectivity index (χ3n) is 7.34. The molecule has 2 amide bonds. The molecule has 3 aliphatic carbocycles. The first-order chi connectivity index (χ1) is 15.0. The Morgan fingerprint density at radius 1 is 1.00 bits per heavy atom. The van der Waals surface area contributed by atoms with Crippen LogP contribution >= 0.6 is 0 Å². The molecule has 0 radical (unpaired) electrons. The molecule has 32 heavy (non-hydrogen) atoms. The third kappa shape index (κ3) is 3.44. The minimum Gasteiger partial charge on any atom is -0.447 e. The number of furan rings is 1. The first-order valence-electron chi connectivity index (χ1n) is 11.4. The van der Waals surface area contributed by atoms with Crippen molar-refractivity contribution in [2.24, 2.45) is 0 Å². The maximum Gasteiger partial charge on any atom is 0.333 e. The van der Waals surface area contributed by atoms with Gasteiger partial charge in [0.05, 0.1) is 5.60 Å². The van der Waals surface area contributed by atoms with Gasteiger partial charge >= 0.3 is 6.03 Å². The van der Waals surface area contributed by atoms with Crippen LogP contribution in [0.15, 0.2) is 21.6 Å². The number of carbonyl (C=O) groups excluding carboxylic acids is 1. The maximum absolute atomic E-state index is 13.0. The summed E-state index contributed by atoms with van der Waals surface area (Å²) in [5.41, 5.74) is 4.44. The van der Waals surface area contributed by atoms with Gasteiger partial charge in [0.2, 0.25) is 5.09 Å². The van der Waals surface area contributed by atoms with E-state index in [4.69, 9.17) is 4.42 Å². The van der Waals surface area contributed by atoms with E-state index in [-0.39, 0.29) is 5.09 Å². The minimum absolute atomic E-state index is 0.351. The Labute approximate surface area is 188 Å². The van der Waals surface area contributed by atoms with Gasteiger partial charge in [0.15, 0.2) is 0 Å². The molecular formula is C24H30N2O5S. The molecule has 172 valence electrons. The fraction of sp³-hybridized carbons (Fsp3) is 0.542. The highest BCUT2D eigenvalue weighted by Crippen LogP contribution is 2.46. The standard InChI is InChI=1S/C24H30N2O5S/c1-23(2)10-11-24(3,28)18-13-19(31-21(18)23)32(29,30)26-22(27)25-20-16-8-4-6-14(16)12-15-7-5-9-17(15)20/h12-13,28H,4-11H2,1-3H3,(H2,25,26,27). The highest BCUT2D eigenvalue weighted by Gasteiger charge is 2.43. The summed E-state index contributed by atoms with van der Waals surface area (Å²) in [4.78, 5) is 12.8. The SMILES string of the molecule is CC1(C)CCC(C)(O)c2cc(S(=O)(=O)NC(=O)Nc3c4c(cc5c3CCC5)CCC4)oc21. The average molecular weight is 459 g/mol. The van der Waals surface area contributed by atoms with E-state index >= 15 is 0 Å². The average Bonchev–Trinajstić information content (AvgIpc) is 3.43. The number of aliphatic hydroxyl groups is 1. The zero-order valence-electron chi connectivity index (χ0n) is 18.8. The first kappa shape index (κ1) is 21.5. The van der Waals surface area contributed by atoms with Crippen molar-refractivity contribution in [3.05, 3.63) is 45.7 Å². The van der Waals surface area contributed by atoms with Crippen LogP contribution in [0.25, 0.3) is 0 Å². The third-order valence-corrected chi connectivity index (χ3v) is 8.53. The van der Waals surface area contributed by atoms with Crippen molar-refractivity contribution in [2.45, 2.75) is 88.2 Å². The summed E-state index contributed by atoms with van der Waals surface area (Å²) in [6, 6.07) is 2.81. The van der Waals surface area contributed by atoms with Crippen molar-refractivity contribution in [2.75, 3.05) is 5.32 Å². The van der Waals surface area contributed by atoms with Crippen molar-refractivity contribution < 1.29 is 22.7 Å². The summed E-state index contributed by atoms with van der Waals surface area (Å²) in [6.45, 7) is 5.57. The molecule has 1 unspecified atom stereocenters. The van der Waals surface area contributed by atoms with Gasteiger partial charge in [-0.3, -0.25) is 0 Å². The van der Waals surface area contributed by atoms with Gasteiger partial charge in [0, 0.05) is 22.7 Å². The van der Waals surface area contributed by atoms with Gasteiger partial charge in [0.25, 0.3) is 10.0 Å². The quantitative estimate of drug-likeness (QED) is 0.643. The lowest BCUT2D eigenvalue weighted by atomic mass is 9.71. The number of benzene rings is 1. The highest BCUT2D eigenvalue weighted by atomic mass is 32.2. The zero-order chi connectivity index (χ0) is 22.9. The Morgan fingerprint density at radius 3 is 2.22 bits per heavy atom. The van der Waals surface area contributed by atoms with Crippen molar-refractivity contribution in [3.8, 4) is 0 Å². The van der Waals surface area contributed by atoms with E-state index in [1.807, 2.05) is 13.8 Å². The van der Waals surface area contributed by atoms with Gasteiger partial charge < -0.3 is 14.8 Å². The molecule has 7 nitrogen and oxygen atoms in total. The predicted molar refractivity (Wildman–Crippen MR) is 120 cm³/mol. The van der Waals surface area contributed by atoms with Crippen LogP contribution in [0.4, 0.5) is 10.5 Å². The summed E-state index contributed by atoms with van der Waals surface area (Å²) < 4.78 is 33.8. The van der Waals surface area contributed by atoms with Gasteiger partial charge in [0.1, 0.15) is 5.76 Å². The van der Waals surface area contributed by atoms with E-state index in [0.29, 0.717) is 24.2 Å². The maximum atomic E-state index is 13.0. The van der Waals surface area contributed by atoms with Crippen LogP contribution in [-0.4, -0.2) is 19.6 Å². The monoisotopic (exact) mass is 458 g/mol. The number of rotatable bonds is 3. The molecule has 2 aromatic rings. The zero-order valence-corrected chi connectivity index (χ0v) is 19.6. The Kier molecular flexibility index (Phi) is 4.77. The van der Waals surface area contributed by atoms with Crippen LogP contribution in [-0.2, 0) is 46.7 Å². The number of sulfonamides is 1. The molecule has 0 saturated heterocycles. The number of fused-ring (bicyclic) bond motifs is 3. The second kappa shape index (κ2) is 7.09. The number of hydrogen-bond acceptors (Lipinski definition) is 5. The Morgan fingerprint density at radius 2 is 1.62 bits per heavy atom. The van der Waals surface area contributed by atoms with E-state index < -0.39 is 27.1 Å². The van der Waals surface area contributed by atoms with Crippen LogP contribution < -0.4 is 10.0 Å². The largest absolute Gasteiger partial charge is 0.447 e. The van der Waals surface area contributed by atoms with E-state index in [0.717, 1.165) is 55.3 Å². The molecule has 1 aromatic carbocycles. The van der Waals surface area contributed by atoms with E-state index in [1.165, 1.54) is 17.2 Å². The second-order valence-corrected chi connectivity index (χ2v) is 11.9. The minimum atomic E-state index is -4.24. The lowest BCUT2D eigenvalue weighted by molar-refractivity contribution is 0.0229. The smallest absolute Gasteiger partial charge is 0.333 e. The number of urea groups is 1. The van der Waals surface area contributed by atoms with Gasteiger partial charge in [-0.25, -0.2) is 9.52 Å². The molecule has 1 heterocycles. The number of aryl methyl sites for hydroxylation is 2. The van der Waals surface area contributed by atoms with Crippen molar-refractivity contribution in [1.82, 2.24) is 4.72 Å². The van der Waals surface area contributed by atoms with Crippen LogP contribution in [0.3, 0.4) is 0 Å². The summed E-state index contributed by atoms with van der Waals surface area (Å²) in [5, 5.41) is 13.2. The number of nitrogens with one attached hydrogen (secondary N) is 2. The predicted octanol–water partition coefficient (Wildman–Crippen LogP) is 4.05. The normalized spacial score (nSPS) is 23.4. The van der Waals surface area contributed by atoms with Gasteiger partial charge in [-0.05, 0) is 80.5 Å². The van der Waals surface area contributed by atoms with Crippen LogP contribution in [0.1, 0.15) is 80.0 Å². The molecule has 3 aliphatic rings. The number of hydrogen-bond donors (Lipinski definition) is 3. The molecular weight excluding hydrogens is 428 g/mol. The summed E-state index contributed by atoms with van der Waals surface area (Å²) in [5.74, 6) is 0.452. The van der Waals surface area contributed by atoms with Crippen molar-refractivity contribution >= 4 is 21.7 Å². The molecule has 8 heteroatoms. The molecule has 1 atom stereocenters. The van der Waals surface area contributed by atoms with E-state index in [9.17, 15) is 18.3 Å². The number of amides is 2. The second-order valence-electron chi connectivity index (χ2n) is 10.3.